The third-order valence-electron chi connectivity index (χ3n) is 1.97. The van der Waals surface area contributed by atoms with Crippen molar-refractivity contribution in [3.05, 3.63) is 29.0 Å². The second-order valence-corrected chi connectivity index (χ2v) is 4.42. The maximum absolute atomic E-state index is 13.4. The fourth-order valence-electron chi connectivity index (χ4n) is 1.27. The van der Waals surface area contributed by atoms with E-state index in [1.54, 1.807) is 7.11 Å². The Morgan fingerprint density at radius 1 is 1.59 bits per heavy atom. The van der Waals surface area contributed by atoms with Gasteiger partial charge in [0, 0.05) is 18.2 Å². The zero-order valence-corrected chi connectivity index (χ0v) is 11.2. The van der Waals surface area contributed by atoms with Crippen LogP contribution in [0.1, 0.15) is 6.92 Å². The van der Waals surface area contributed by atoms with Crippen molar-refractivity contribution in [2.75, 3.05) is 19.0 Å². The lowest BCUT2D eigenvalue weighted by molar-refractivity contribution is 0.179. The van der Waals surface area contributed by atoms with Crippen molar-refractivity contribution in [1.29, 1.82) is 0 Å². The zero-order chi connectivity index (χ0) is 12.8. The van der Waals surface area contributed by atoms with Gasteiger partial charge < -0.3 is 15.4 Å². The normalized spacial score (nSPS) is 12.0. The number of hydrogen-bond donors (Lipinski definition) is 2. The topological polar surface area (TPSA) is 33.3 Å². The standard InChI is InChI=1S/C11H14ClFN2OS/c1-7(6-16-2)14-11(17)15-10-5-8(12)3-4-9(10)13/h3-5,7H,6H2,1-2H3,(H2,14,15,17). The Labute approximate surface area is 110 Å². The van der Waals surface area contributed by atoms with Gasteiger partial charge in [0.2, 0.25) is 0 Å². The number of methoxy groups -OCH3 is 1. The predicted molar refractivity (Wildman–Crippen MR) is 72.1 cm³/mol. The van der Waals surface area contributed by atoms with E-state index >= 15 is 0 Å². The quantitative estimate of drug-likeness (QED) is 0.829. The van der Waals surface area contributed by atoms with Crippen LogP contribution in [0, 0.1) is 5.82 Å². The fraction of sp³-hybridized carbons (Fsp3) is 0.364. The van der Waals surface area contributed by atoms with Crippen LogP contribution in [0.3, 0.4) is 0 Å². The van der Waals surface area contributed by atoms with Crippen LogP contribution >= 0.6 is 23.8 Å². The first-order valence-electron chi connectivity index (χ1n) is 5.04. The molecule has 0 fully saturated rings. The van der Waals surface area contributed by atoms with E-state index < -0.39 is 5.82 Å². The fourth-order valence-corrected chi connectivity index (χ4v) is 1.75. The number of ether oxygens (including phenoxy) is 1. The summed E-state index contributed by atoms with van der Waals surface area (Å²) in [5.41, 5.74) is 0.250. The van der Waals surface area contributed by atoms with Gasteiger partial charge in [-0.3, -0.25) is 0 Å². The molecule has 0 aromatic heterocycles. The second kappa shape index (κ2) is 6.74. The van der Waals surface area contributed by atoms with E-state index in [0.29, 0.717) is 16.7 Å². The smallest absolute Gasteiger partial charge is 0.171 e. The average molecular weight is 277 g/mol. The summed E-state index contributed by atoms with van der Waals surface area (Å²) < 4.78 is 18.3. The highest BCUT2D eigenvalue weighted by Crippen LogP contribution is 2.19. The van der Waals surface area contributed by atoms with Gasteiger partial charge in [0.15, 0.2) is 5.11 Å². The van der Waals surface area contributed by atoms with E-state index in [2.05, 4.69) is 10.6 Å². The van der Waals surface area contributed by atoms with Crippen molar-refractivity contribution in [3.63, 3.8) is 0 Å². The summed E-state index contributed by atoms with van der Waals surface area (Å²) in [6, 6.07) is 4.28. The van der Waals surface area contributed by atoms with Gasteiger partial charge in [-0.05, 0) is 37.3 Å². The molecule has 6 heteroatoms. The van der Waals surface area contributed by atoms with Crippen molar-refractivity contribution < 1.29 is 9.13 Å². The van der Waals surface area contributed by atoms with E-state index in [9.17, 15) is 4.39 Å². The Morgan fingerprint density at radius 3 is 2.94 bits per heavy atom. The maximum atomic E-state index is 13.4. The molecule has 1 aromatic rings. The van der Waals surface area contributed by atoms with Crippen LogP contribution in [0.4, 0.5) is 10.1 Å². The molecule has 1 atom stereocenters. The first-order valence-corrected chi connectivity index (χ1v) is 5.83. The molecule has 0 radical (unpaired) electrons. The SMILES string of the molecule is COCC(C)NC(=S)Nc1cc(Cl)ccc1F. The molecule has 94 valence electrons. The Hall–Kier alpha value is -0.910. The lowest BCUT2D eigenvalue weighted by Crippen LogP contribution is -2.38. The van der Waals surface area contributed by atoms with Crippen LogP contribution in [-0.4, -0.2) is 24.9 Å². The molecule has 17 heavy (non-hydrogen) atoms. The first kappa shape index (κ1) is 14.2. The van der Waals surface area contributed by atoms with Gasteiger partial charge >= 0.3 is 0 Å². The molecular formula is C11H14ClFN2OS. The van der Waals surface area contributed by atoms with Gasteiger partial charge in [-0.1, -0.05) is 11.6 Å². The van der Waals surface area contributed by atoms with Crippen molar-refractivity contribution in [2.24, 2.45) is 0 Å². The zero-order valence-electron chi connectivity index (χ0n) is 9.59. The molecule has 3 nitrogen and oxygen atoms in total. The Morgan fingerprint density at radius 2 is 2.29 bits per heavy atom. The average Bonchev–Trinajstić information content (AvgIpc) is 2.23. The van der Waals surface area contributed by atoms with Crippen molar-refractivity contribution >= 4 is 34.6 Å². The minimum atomic E-state index is -0.405. The van der Waals surface area contributed by atoms with Crippen LogP contribution in [0.2, 0.25) is 5.02 Å². The monoisotopic (exact) mass is 276 g/mol. The molecule has 1 rings (SSSR count). The lowest BCUT2D eigenvalue weighted by atomic mass is 10.3. The largest absolute Gasteiger partial charge is 0.383 e. The lowest BCUT2D eigenvalue weighted by Gasteiger charge is -2.16. The Balaban J connectivity index is 2.58. The molecule has 0 saturated carbocycles. The molecule has 1 unspecified atom stereocenters. The molecule has 0 aliphatic carbocycles. The van der Waals surface area contributed by atoms with Crippen LogP contribution in [0.5, 0.6) is 0 Å². The molecule has 0 heterocycles. The predicted octanol–water partition coefficient (Wildman–Crippen LogP) is 2.80. The van der Waals surface area contributed by atoms with Gasteiger partial charge in [0.1, 0.15) is 5.82 Å². The van der Waals surface area contributed by atoms with Crippen molar-refractivity contribution in [3.8, 4) is 0 Å². The number of anilines is 1. The molecule has 0 saturated heterocycles. The molecule has 0 amide bonds. The molecule has 0 aliphatic rings. The molecule has 1 aromatic carbocycles. The molecule has 0 bridgehead atoms. The van der Waals surface area contributed by atoms with Crippen LogP contribution in [-0.2, 0) is 4.74 Å². The summed E-state index contributed by atoms with van der Waals surface area (Å²) in [6.45, 7) is 2.42. The summed E-state index contributed by atoms with van der Waals surface area (Å²) in [7, 11) is 1.60. The third kappa shape index (κ3) is 4.85. The summed E-state index contributed by atoms with van der Waals surface area (Å²) in [4.78, 5) is 0. The Kier molecular flexibility index (Phi) is 5.61. The highest BCUT2D eigenvalue weighted by atomic mass is 35.5. The number of hydrogen-bond acceptors (Lipinski definition) is 2. The third-order valence-corrected chi connectivity index (χ3v) is 2.43. The summed E-state index contributed by atoms with van der Waals surface area (Å²) in [5, 5.41) is 6.48. The van der Waals surface area contributed by atoms with E-state index in [1.165, 1.54) is 18.2 Å². The molecule has 0 aliphatic heterocycles. The van der Waals surface area contributed by atoms with Crippen LogP contribution in [0.15, 0.2) is 18.2 Å². The second-order valence-electron chi connectivity index (χ2n) is 3.58. The van der Waals surface area contributed by atoms with Gasteiger partial charge in [0.25, 0.3) is 0 Å². The highest BCUT2D eigenvalue weighted by Gasteiger charge is 2.07. The van der Waals surface area contributed by atoms with E-state index in [4.69, 9.17) is 28.6 Å². The number of thiocarbonyl (C=S) groups is 1. The van der Waals surface area contributed by atoms with E-state index in [-0.39, 0.29) is 11.7 Å². The molecule has 2 N–H and O–H groups in total. The Bertz CT molecular complexity index is 403. The number of halogens is 2. The van der Waals surface area contributed by atoms with E-state index in [1.807, 2.05) is 6.92 Å². The van der Waals surface area contributed by atoms with Crippen molar-refractivity contribution in [1.82, 2.24) is 5.32 Å². The number of nitrogens with one attached hydrogen (secondary N) is 2. The van der Waals surface area contributed by atoms with Crippen LogP contribution < -0.4 is 10.6 Å². The summed E-state index contributed by atoms with van der Waals surface area (Å²) in [6.07, 6.45) is 0. The highest BCUT2D eigenvalue weighted by molar-refractivity contribution is 7.80. The molecule has 0 spiro atoms. The summed E-state index contributed by atoms with van der Waals surface area (Å²) >= 11 is 10.8. The number of rotatable bonds is 4. The first-order chi connectivity index (χ1) is 8.02. The van der Waals surface area contributed by atoms with Gasteiger partial charge in [-0.25, -0.2) is 4.39 Å². The summed E-state index contributed by atoms with van der Waals surface area (Å²) in [5.74, 6) is -0.405. The minimum Gasteiger partial charge on any atom is -0.383 e. The number of benzene rings is 1. The van der Waals surface area contributed by atoms with Gasteiger partial charge in [0.05, 0.1) is 12.3 Å². The van der Waals surface area contributed by atoms with Crippen molar-refractivity contribution in [2.45, 2.75) is 13.0 Å². The van der Waals surface area contributed by atoms with Crippen LogP contribution in [0.25, 0.3) is 0 Å². The van der Waals surface area contributed by atoms with Gasteiger partial charge in [-0.15, -0.1) is 0 Å². The van der Waals surface area contributed by atoms with E-state index in [0.717, 1.165) is 0 Å². The molecular weight excluding hydrogens is 263 g/mol. The maximum Gasteiger partial charge on any atom is 0.171 e. The minimum absolute atomic E-state index is 0.0437. The van der Waals surface area contributed by atoms with Gasteiger partial charge in [-0.2, -0.15) is 0 Å².